The lowest BCUT2D eigenvalue weighted by Crippen LogP contribution is -2.27. The van der Waals surface area contributed by atoms with E-state index in [4.69, 9.17) is 0 Å². The van der Waals surface area contributed by atoms with E-state index in [2.05, 4.69) is 22.4 Å². The van der Waals surface area contributed by atoms with E-state index >= 15 is 0 Å². The molecule has 0 aromatic carbocycles. The third kappa shape index (κ3) is 1.36. The first-order valence-electron chi connectivity index (χ1n) is 5.63. The number of nitrogens with zero attached hydrogens (tertiary/aromatic N) is 1. The van der Waals surface area contributed by atoms with Crippen LogP contribution in [0.2, 0.25) is 0 Å². The number of nitrogens with one attached hydrogen (secondary N) is 2. The Kier molecular flexibility index (Phi) is 1.87. The van der Waals surface area contributed by atoms with E-state index < -0.39 is 0 Å². The third-order valence-corrected chi connectivity index (χ3v) is 3.57. The first kappa shape index (κ1) is 8.48. The summed E-state index contributed by atoms with van der Waals surface area (Å²) >= 11 is 0. The molecule has 0 saturated heterocycles. The summed E-state index contributed by atoms with van der Waals surface area (Å²) in [5, 5.41) is 11.0. The molecule has 2 aliphatic carbocycles. The van der Waals surface area contributed by atoms with Gasteiger partial charge >= 0.3 is 0 Å². The second-order valence-corrected chi connectivity index (χ2v) is 4.73. The topological polar surface area (TPSA) is 40.7 Å². The van der Waals surface area contributed by atoms with Crippen molar-refractivity contribution in [3.05, 3.63) is 17.5 Å². The number of fused-ring (bicyclic) bond motifs is 1. The van der Waals surface area contributed by atoms with Crippen molar-refractivity contribution >= 4 is 0 Å². The van der Waals surface area contributed by atoms with Crippen LogP contribution in [-0.4, -0.2) is 16.2 Å². The van der Waals surface area contributed by atoms with Gasteiger partial charge < -0.3 is 5.32 Å². The molecule has 2 N–H and O–H groups in total. The highest BCUT2D eigenvalue weighted by Gasteiger charge is 2.35. The molecule has 1 aromatic rings. The van der Waals surface area contributed by atoms with Gasteiger partial charge in [0.1, 0.15) is 0 Å². The van der Waals surface area contributed by atoms with E-state index in [1.807, 2.05) is 6.20 Å². The molecule has 1 fully saturated rings. The number of aromatic nitrogens is 2. The molecule has 3 nitrogen and oxygen atoms in total. The SMILES string of the molecule is CC1CC1NC1CCCc2[nH]ncc21. The minimum absolute atomic E-state index is 0.562. The van der Waals surface area contributed by atoms with E-state index in [0.29, 0.717) is 6.04 Å². The molecule has 1 heterocycles. The molecule has 1 aromatic heterocycles. The van der Waals surface area contributed by atoms with E-state index in [0.717, 1.165) is 12.0 Å². The van der Waals surface area contributed by atoms with Gasteiger partial charge in [-0.3, -0.25) is 5.10 Å². The average Bonchev–Trinajstić information content (AvgIpc) is 2.69. The van der Waals surface area contributed by atoms with E-state index in [9.17, 15) is 0 Å². The van der Waals surface area contributed by atoms with Crippen LogP contribution in [0.1, 0.15) is 43.5 Å². The minimum Gasteiger partial charge on any atom is -0.307 e. The molecular weight excluding hydrogens is 174 g/mol. The summed E-state index contributed by atoms with van der Waals surface area (Å²) in [5.41, 5.74) is 2.76. The molecule has 0 radical (unpaired) electrons. The molecule has 3 heteroatoms. The van der Waals surface area contributed by atoms with Crippen LogP contribution in [0, 0.1) is 5.92 Å². The fourth-order valence-electron chi connectivity index (χ4n) is 2.45. The van der Waals surface area contributed by atoms with Crippen molar-refractivity contribution in [2.24, 2.45) is 5.92 Å². The number of aromatic amines is 1. The van der Waals surface area contributed by atoms with Crippen molar-refractivity contribution in [2.45, 2.75) is 44.7 Å². The van der Waals surface area contributed by atoms with Crippen LogP contribution in [0.15, 0.2) is 6.20 Å². The van der Waals surface area contributed by atoms with Gasteiger partial charge in [0.05, 0.1) is 6.20 Å². The fourth-order valence-corrected chi connectivity index (χ4v) is 2.45. The van der Waals surface area contributed by atoms with Gasteiger partial charge in [0.2, 0.25) is 0 Å². The van der Waals surface area contributed by atoms with Gasteiger partial charge in [0, 0.05) is 23.3 Å². The van der Waals surface area contributed by atoms with E-state index in [1.54, 1.807) is 0 Å². The van der Waals surface area contributed by atoms with Crippen LogP contribution in [0.4, 0.5) is 0 Å². The standard InChI is InChI=1S/C11H17N3/c1-7-5-11(7)13-9-3-2-4-10-8(9)6-12-14-10/h6-7,9,11,13H,2-5H2,1H3,(H,12,14). The van der Waals surface area contributed by atoms with Crippen molar-refractivity contribution < 1.29 is 0 Å². The van der Waals surface area contributed by atoms with Gasteiger partial charge in [0.15, 0.2) is 0 Å². The largest absolute Gasteiger partial charge is 0.307 e. The Morgan fingerprint density at radius 1 is 1.57 bits per heavy atom. The lowest BCUT2D eigenvalue weighted by Gasteiger charge is -2.23. The highest BCUT2D eigenvalue weighted by molar-refractivity contribution is 5.24. The zero-order valence-corrected chi connectivity index (χ0v) is 8.59. The summed E-state index contributed by atoms with van der Waals surface area (Å²) < 4.78 is 0. The van der Waals surface area contributed by atoms with Gasteiger partial charge in [-0.15, -0.1) is 0 Å². The molecule has 14 heavy (non-hydrogen) atoms. The number of hydrogen-bond acceptors (Lipinski definition) is 2. The Morgan fingerprint density at radius 3 is 3.21 bits per heavy atom. The molecule has 2 aliphatic rings. The Bertz CT molecular complexity index is 331. The Hall–Kier alpha value is -0.830. The smallest absolute Gasteiger partial charge is 0.0538 e. The molecule has 76 valence electrons. The lowest BCUT2D eigenvalue weighted by atomic mass is 9.93. The number of aryl methyl sites for hydroxylation is 1. The molecule has 1 saturated carbocycles. The number of hydrogen-bond donors (Lipinski definition) is 2. The van der Waals surface area contributed by atoms with Crippen LogP contribution in [0.5, 0.6) is 0 Å². The third-order valence-electron chi connectivity index (χ3n) is 3.57. The molecule has 3 unspecified atom stereocenters. The lowest BCUT2D eigenvalue weighted by molar-refractivity contribution is 0.447. The normalized spacial score (nSPS) is 35.4. The Labute approximate surface area is 84.3 Å². The van der Waals surface area contributed by atoms with Crippen molar-refractivity contribution in [3.8, 4) is 0 Å². The monoisotopic (exact) mass is 191 g/mol. The minimum atomic E-state index is 0.562. The predicted octanol–water partition coefficient (Wildman–Crippen LogP) is 1.79. The molecule has 0 spiro atoms. The summed E-state index contributed by atoms with van der Waals surface area (Å²) in [4.78, 5) is 0. The van der Waals surface area contributed by atoms with Crippen molar-refractivity contribution in [3.63, 3.8) is 0 Å². The molecule has 3 rings (SSSR count). The summed E-state index contributed by atoms with van der Waals surface area (Å²) in [6.45, 7) is 2.32. The first-order chi connectivity index (χ1) is 6.84. The van der Waals surface area contributed by atoms with Crippen LogP contribution in [0.25, 0.3) is 0 Å². The molecule has 3 atom stereocenters. The van der Waals surface area contributed by atoms with Crippen LogP contribution in [-0.2, 0) is 6.42 Å². The summed E-state index contributed by atoms with van der Waals surface area (Å²) in [6.07, 6.45) is 7.08. The highest BCUT2D eigenvalue weighted by atomic mass is 15.1. The first-order valence-corrected chi connectivity index (χ1v) is 5.63. The van der Waals surface area contributed by atoms with Crippen molar-refractivity contribution in [1.82, 2.24) is 15.5 Å². The summed E-state index contributed by atoms with van der Waals surface area (Å²) in [6, 6.07) is 1.33. The van der Waals surface area contributed by atoms with Gasteiger partial charge in [-0.1, -0.05) is 6.92 Å². The van der Waals surface area contributed by atoms with E-state index in [1.165, 1.54) is 36.9 Å². The molecule has 0 aliphatic heterocycles. The van der Waals surface area contributed by atoms with Gasteiger partial charge in [-0.25, -0.2) is 0 Å². The maximum atomic E-state index is 4.14. The zero-order chi connectivity index (χ0) is 9.54. The molecule has 0 amide bonds. The fraction of sp³-hybridized carbons (Fsp3) is 0.727. The van der Waals surface area contributed by atoms with Crippen molar-refractivity contribution in [1.29, 1.82) is 0 Å². The predicted molar refractivity (Wildman–Crippen MR) is 55.0 cm³/mol. The van der Waals surface area contributed by atoms with Crippen LogP contribution in [0.3, 0.4) is 0 Å². The van der Waals surface area contributed by atoms with Crippen LogP contribution >= 0.6 is 0 Å². The highest BCUT2D eigenvalue weighted by Crippen LogP contribution is 2.35. The van der Waals surface area contributed by atoms with Crippen molar-refractivity contribution in [2.75, 3.05) is 0 Å². The maximum Gasteiger partial charge on any atom is 0.0538 e. The molecule has 0 bridgehead atoms. The average molecular weight is 191 g/mol. The summed E-state index contributed by atoms with van der Waals surface area (Å²) in [7, 11) is 0. The quantitative estimate of drug-likeness (QED) is 0.748. The summed E-state index contributed by atoms with van der Waals surface area (Å²) in [5.74, 6) is 0.882. The Balaban J connectivity index is 1.75. The van der Waals surface area contributed by atoms with Crippen LogP contribution < -0.4 is 5.32 Å². The van der Waals surface area contributed by atoms with Gasteiger partial charge in [-0.05, 0) is 31.6 Å². The maximum absolute atomic E-state index is 4.14. The zero-order valence-electron chi connectivity index (χ0n) is 8.59. The van der Waals surface area contributed by atoms with Gasteiger partial charge in [0.25, 0.3) is 0 Å². The number of H-pyrrole nitrogens is 1. The second-order valence-electron chi connectivity index (χ2n) is 4.73. The van der Waals surface area contributed by atoms with Gasteiger partial charge in [-0.2, -0.15) is 5.10 Å². The number of rotatable bonds is 2. The molecular formula is C11H17N3. The second kappa shape index (κ2) is 3.09. The van der Waals surface area contributed by atoms with E-state index in [-0.39, 0.29) is 0 Å². The Morgan fingerprint density at radius 2 is 2.43 bits per heavy atom.